The molecule has 1 aliphatic heterocycles. The van der Waals surface area contributed by atoms with Gasteiger partial charge in [0.25, 0.3) is 5.56 Å². The third kappa shape index (κ3) is 3.37. The zero-order valence-corrected chi connectivity index (χ0v) is 14.3. The van der Waals surface area contributed by atoms with Gasteiger partial charge >= 0.3 is 0 Å². The fourth-order valence-electron chi connectivity index (χ4n) is 1.92. The van der Waals surface area contributed by atoms with E-state index in [1.807, 2.05) is 6.07 Å². The van der Waals surface area contributed by atoms with Crippen molar-refractivity contribution in [2.45, 2.75) is 10.6 Å². The topological polar surface area (TPSA) is 85.1 Å². The number of aromatic amines is 1. The molecule has 0 radical (unpaired) electrons. The predicted molar refractivity (Wildman–Crippen MR) is 94.0 cm³/mol. The summed E-state index contributed by atoms with van der Waals surface area (Å²) in [6, 6.07) is 7.26. The Kier molecular flexibility index (Phi) is 4.61. The number of H-pyrrole nitrogens is 1. The molecule has 0 aliphatic carbocycles. The third-order valence-electron chi connectivity index (χ3n) is 3.09. The molecule has 2 heterocycles. The van der Waals surface area contributed by atoms with Crippen LogP contribution in [0.1, 0.15) is 11.1 Å². The van der Waals surface area contributed by atoms with Gasteiger partial charge in [-0.2, -0.15) is 15.5 Å². The number of nitrogens with zero attached hydrogens (tertiary/aromatic N) is 4. The summed E-state index contributed by atoms with van der Waals surface area (Å²) in [7, 11) is 1.77. The summed E-state index contributed by atoms with van der Waals surface area (Å²) >= 11 is 8.97. The van der Waals surface area contributed by atoms with Crippen molar-refractivity contribution >= 4 is 45.2 Å². The first kappa shape index (κ1) is 15.9. The summed E-state index contributed by atoms with van der Waals surface area (Å²) in [5.74, 6) is 0.600. The molecule has 1 N–H and O–H groups in total. The standard InChI is InChI=1S/C14H10ClN5OS2/c1-20-11-6-17-18-13(21)12(11)23-14(19-20)22-7-9-3-2-8(5-16)4-10(9)15/h2-4,6H,7H2,1H3,(H,18,21). The molecule has 23 heavy (non-hydrogen) atoms. The van der Waals surface area contributed by atoms with Crippen LogP contribution >= 0.6 is 35.1 Å². The number of anilines is 1. The number of rotatable bonds is 2. The Morgan fingerprint density at radius 1 is 1.52 bits per heavy atom. The molecule has 0 unspecified atom stereocenters. The van der Waals surface area contributed by atoms with Crippen LogP contribution in [0.5, 0.6) is 0 Å². The van der Waals surface area contributed by atoms with E-state index >= 15 is 0 Å². The van der Waals surface area contributed by atoms with Crippen LogP contribution in [0.15, 0.2) is 39.2 Å². The van der Waals surface area contributed by atoms with Crippen molar-refractivity contribution in [1.82, 2.24) is 10.2 Å². The Morgan fingerprint density at radius 2 is 2.35 bits per heavy atom. The van der Waals surface area contributed by atoms with Crippen molar-refractivity contribution in [3.05, 3.63) is 50.9 Å². The van der Waals surface area contributed by atoms with Gasteiger partial charge in [0.2, 0.25) is 0 Å². The molecular formula is C14H10ClN5OS2. The fourth-order valence-corrected chi connectivity index (χ4v) is 4.39. The Hall–Kier alpha value is -1.95. The normalized spacial score (nSPS) is 13.3. The molecule has 0 spiro atoms. The van der Waals surface area contributed by atoms with E-state index in [1.54, 1.807) is 30.4 Å². The van der Waals surface area contributed by atoms with Gasteiger partial charge in [0.05, 0.1) is 23.5 Å². The average Bonchev–Trinajstić information content (AvgIpc) is 2.54. The maximum Gasteiger partial charge on any atom is 0.280 e. The molecule has 0 saturated carbocycles. The van der Waals surface area contributed by atoms with Gasteiger partial charge in [-0.3, -0.25) is 9.80 Å². The van der Waals surface area contributed by atoms with E-state index in [0.29, 0.717) is 26.9 Å². The van der Waals surface area contributed by atoms with E-state index in [2.05, 4.69) is 21.4 Å². The summed E-state index contributed by atoms with van der Waals surface area (Å²) in [6.07, 6.45) is 1.58. The molecule has 6 nitrogen and oxygen atoms in total. The van der Waals surface area contributed by atoms with Crippen LogP contribution in [-0.2, 0) is 5.75 Å². The van der Waals surface area contributed by atoms with Crippen molar-refractivity contribution in [3.63, 3.8) is 0 Å². The highest BCUT2D eigenvalue weighted by atomic mass is 35.5. The number of hydrazone groups is 1. The second kappa shape index (κ2) is 6.66. The van der Waals surface area contributed by atoms with Crippen LogP contribution < -0.4 is 10.6 Å². The summed E-state index contributed by atoms with van der Waals surface area (Å²) < 4.78 is 0.747. The maximum absolute atomic E-state index is 11.9. The quantitative estimate of drug-likeness (QED) is 0.882. The van der Waals surface area contributed by atoms with Crippen LogP contribution in [0, 0.1) is 11.3 Å². The highest BCUT2D eigenvalue weighted by Gasteiger charge is 2.21. The molecule has 1 aromatic heterocycles. The van der Waals surface area contributed by atoms with Crippen LogP contribution in [-0.4, -0.2) is 21.6 Å². The average molecular weight is 364 g/mol. The second-order valence-corrected chi connectivity index (χ2v) is 7.24. The second-order valence-electron chi connectivity index (χ2n) is 4.61. The Labute approximate surface area is 145 Å². The van der Waals surface area contributed by atoms with Crippen molar-refractivity contribution in [3.8, 4) is 6.07 Å². The van der Waals surface area contributed by atoms with E-state index in [-0.39, 0.29) is 5.56 Å². The largest absolute Gasteiger partial charge is 0.280 e. The smallest absolute Gasteiger partial charge is 0.267 e. The minimum absolute atomic E-state index is 0.233. The van der Waals surface area contributed by atoms with Crippen molar-refractivity contribution in [2.24, 2.45) is 5.10 Å². The molecule has 9 heteroatoms. The lowest BCUT2D eigenvalue weighted by molar-refractivity contribution is 0.899. The van der Waals surface area contributed by atoms with Gasteiger partial charge in [-0.25, -0.2) is 5.10 Å². The van der Waals surface area contributed by atoms with Gasteiger partial charge in [-0.05, 0) is 17.7 Å². The van der Waals surface area contributed by atoms with Gasteiger partial charge in [-0.15, -0.1) is 0 Å². The Morgan fingerprint density at radius 3 is 3.09 bits per heavy atom. The number of thioether (sulfide) groups is 2. The number of halogens is 1. The summed E-state index contributed by atoms with van der Waals surface area (Å²) in [5.41, 5.74) is 1.89. The first-order chi connectivity index (χ1) is 11.1. The van der Waals surface area contributed by atoms with Gasteiger partial charge < -0.3 is 0 Å². The minimum atomic E-state index is -0.233. The summed E-state index contributed by atoms with van der Waals surface area (Å²) in [6.45, 7) is 0. The predicted octanol–water partition coefficient (Wildman–Crippen LogP) is 3.04. The van der Waals surface area contributed by atoms with Gasteiger partial charge in [0, 0.05) is 17.8 Å². The molecule has 0 fully saturated rings. The number of fused-ring (bicyclic) bond motifs is 1. The monoisotopic (exact) mass is 363 g/mol. The lowest BCUT2D eigenvalue weighted by Crippen LogP contribution is -2.22. The van der Waals surface area contributed by atoms with E-state index in [1.165, 1.54) is 23.5 Å². The maximum atomic E-state index is 11.9. The molecule has 116 valence electrons. The summed E-state index contributed by atoms with van der Waals surface area (Å²) in [4.78, 5) is 12.4. The Bertz CT molecular complexity index is 889. The molecule has 3 rings (SSSR count). The van der Waals surface area contributed by atoms with Crippen LogP contribution in [0.2, 0.25) is 5.02 Å². The van der Waals surface area contributed by atoms with E-state index in [9.17, 15) is 4.79 Å². The number of benzene rings is 1. The fraction of sp³-hybridized carbons (Fsp3) is 0.143. The van der Waals surface area contributed by atoms with Crippen molar-refractivity contribution in [1.29, 1.82) is 5.26 Å². The first-order valence-electron chi connectivity index (χ1n) is 6.47. The van der Waals surface area contributed by atoms with Crippen LogP contribution in [0.3, 0.4) is 0 Å². The minimum Gasteiger partial charge on any atom is -0.267 e. The lowest BCUT2D eigenvalue weighted by Gasteiger charge is -2.21. The van der Waals surface area contributed by atoms with Crippen molar-refractivity contribution in [2.75, 3.05) is 12.1 Å². The molecule has 2 aromatic rings. The molecule has 0 saturated heterocycles. The zero-order valence-electron chi connectivity index (χ0n) is 11.9. The van der Waals surface area contributed by atoms with E-state index in [4.69, 9.17) is 16.9 Å². The number of nitriles is 1. The number of hydrogen-bond donors (Lipinski definition) is 1. The molecular weight excluding hydrogens is 354 g/mol. The molecule has 0 amide bonds. The number of hydrogen-bond acceptors (Lipinski definition) is 7. The highest BCUT2D eigenvalue weighted by Crippen LogP contribution is 2.36. The summed E-state index contributed by atoms with van der Waals surface area (Å²) in [5, 5.41) is 21.7. The van der Waals surface area contributed by atoms with Gasteiger partial charge in [0.1, 0.15) is 4.90 Å². The number of nitrogens with one attached hydrogen (secondary N) is 1. The van der Waals surface area contributed by atoms with Gasteiger partial charge in [0.15, 0.2) is 4.38 Å². The van der Waals surface area contributed by atoms with Crippen LogP contribution in [0.25, 0.3) is 0 Å². The van der Waals surface area contributed by atoms with E-state index < -0.39 is 0 Å². The Balaban J connectivity index is 1.76. The van der Waals surface area contributed by atoms with E-state index in [0.717, 1.165) is 9.94 Å². The lowest BCUT2D eigenvalue weighted by atomic mass is 10.2. The van der Waals surface area contributed by atoms with Crippen LogP contribution in [0.4, 0.5) is 5.69 Å². The highest BCUT2D eigenvalue weighted by molar-refractivity contribution is 8.38. The third-order valence-corrected chi connectivity index (χ3v) is 5.69. The van der Waals surface area contributed by atoms with Gasteiger partial charge in [-0.1, -0.05) is 41.2 Å². The number of aromatic nitrogens is 2. The SMILES string of the molecule is CN1N=C(SCc2ccc(C#N)cc2Cl)Sc2c1cn[nH]c2=O. The first-order valence-corrected chi connectivity index (χ1v) is 8.65. The van der Waals surface area contributed by atoms with Crippen molar-refractivity contribution < 1.29 is 0 Å². The zero-order chi connectivity index (χ0) is 16.4. The molecule has 1 aromatic carbocycles. The molecule has 0 atom stereocenters. The molecule has 0 bridgehead atoms. The molecule has 1 aliphatic rings.